The molecule has 0 unspecified atom stereocenters. The van der Waals surface area contributed by atoms with E-state index in [0.29, 0.717) is 18.3 Å². The summed E-state index contributed by atoms with van der Waals surface area (Å²) in [5, 5.41) is 6.68. The Morgan fingerprint density at radius 3 is 2.68 bits per heavy atom. The van der Waals surface area contributed by atoms with Gasteiger partial charge in [-0.15, -0.1) is 11.3 Å². The molecule has 1 amide bonds. The Kier molecular flexibility index (Phi) is 6.15. The average molecular weight is 477 g/mol. The van der Waals surface area contributed by atoms with Crippen LogP contribution < -0.4 is 15.8 Å². The number of carbonyl (C=O) groups is 1. The van der Waals surface area contributed by atoms with Crippen LogP contribution in [0.3, 0.4) is 0 Å². The molecular formula is C26H28N4O3S. The maximum Gasteiger partial charge on any atom is 0.411 e. The molecule has 34 heavy (non-hydrogen) atoms. The van der Waals surface area contributed by atoms with Crippen LogP contribution in [0.15, 0.2) is 54.0 Å². The molecule has 0 spiro atoms. The zero-order valence-electron chi connectivity index (χ0n) is 19.3. The average Bonchev–Trinajstić information content (AvgIpc) is 3.38. The fourth-order valence-electron chi connectivity index (χ4n) is 4.27. The van der Waals surface area contributed by atoms with E-state index in [1.807, 2.05) is 55.6 Å². The van der Waals surface area contributed by atoms with Crippen LogP contribution in [0.25, 0.3) is 22.2 Å². The van der Waals surface area contributed by atoms with Crippen LogP contribution >= 0.6 is 11.3 Å². The molecule has 0 aliphatic heterocycles. The Labute approximate surface area is 202 Å². The van der Waals surface area contributed by atoms with Crippen LogP contribution in [0.5, 0.6) is 5.75 Å². The number of fused-ring (bicyclic) bond motifs is 1. The summed E-state index contributed by atoms with van der Waals surface area (Å²) in [5.74, 6) is 0.801. The number of aromatic nitrogens is 2. The first-order valence-corrected chi connectivity index (χ1v) is 12.4. The SMILES string of the molecule is CC(C)OC(=O)Nc1ccc(-c2c(N)c3ccc(OCc4nccs4)cc3n2C2CCC2)cc1. The van der Waals surface area contributed by atoms with E-state index in [2.05, 4.69) is 20.9 Å². The van der Waals surface area contributed by atoms with Gasteiger partial charge in [-0.2, -0.15) is 0 Å². The van der Waals surface area contributed by atoms with Gasteiger partial charge in [0, 0.05) is 40.3 Å². The van der Waals surface area contributed by atoms with Gasteiger partial charge in [-0.1, -0.05) is 12.1 Å². The van der Waals surface area contributed by atoms with Gasteiger partial charge in [0.25, 0.3) is 0 Å². The molecule has 3 N–H and O–H groups in total. The molecule has 1 aliphatic carbocycles. The van der Waals surface area contributed by atoms with Crippen LogP contribution in [0.4, 0.5) is 16.2 Å². The molecule has 0 bridgehead atoms. The van der Waals surface area contributed by atoms with Gasteiger partial charge < -0.3 is 19.8 Å². The predicted octanol–water partition coefficient (Wildman–Crippen LogP) is 6.61. The highest BCUT2D eigenvalue weighted by Gasteiger charge is 2.27. The monoisotopic (exact) mass is 476 g/mol. The number of hydrogen-bond donors (Lipinski definition) is 2. The van der Waals surface area contributed by atoms with Gasteiger partial charge in [-0.3, -0.25) is 5.32 Å². The summed E-state index contributed by atoms with van der Waals surface area (Å²) in [6.07, 6.45) is 4.62. The number of anilines is 2. The summed E-state index contributed by atoms with van der Waals surface area (Å²) in [6, 6.07) is 14.2. The van der Waals surface area contributed by atoms with Crippen molar-refractivity contribution in [3.63, 3.8) is 0 Å². The lowest BCUT2D eigenvalue weighted by Crippen LogP contribution is -2.18. The minimum Gasteiger partial charge on any atom is -0.486 e. The van der Waals surface area contributed by atoms with E-state index in [4.69, 9.17) is 15.2 Å². The van der Waals surface area contributed by atoms with Crippen LogP contribution in [0.1, 0.15) is 44.2 Å². The Morgan fingerprint density at radius 2 is 2.03 bits per heavy atom. The third-order valence-electron chi connectivity index (χ3n) is 6.05. The van der Waals surface area contributed by atoms with E-state index in [-0.39, 0.29) is 6.10 Å². The summed E-state index contributed by atoms with van der Waals surface area (Å²) in [4.78, 5) is 16.2. The lowest BCUT2D eigenvalue weighted by Gasteiger charge is -2.30. The first kappa shape index (κ1) is 22.3. The smallest absolute Gasteiger partial charge is 0.411 e. The molecule has 1 aliphatic rings. The van der Waals surface area contributed by atoms with Gasteiger partial charge in [0.05, 0.1) is 23.0 Å². The first-order valence-electron chi connectivity index (χ1n) is 11.5. The number of benzene rings is 2. The van der Waals surface area contributed by atoms with Crippen molar-refractivity contribution in [2.75, 3.05) is 11.1 Å². The molecule has 8 heteroatoms. The Morgan fingerprint density at radius 1 is 1.24 bits per heavy atom. The molecule has 5 rings (SSSR count). The normalized spacial score (nSPS) is 13.7. The number of ether oxygens (including phenoxy) is 2. The van der Waals surface area contributed by atoms with Gasteiger partial charge in [-0.05, 0) is 57.4 Å². The Balaban J connectivity index is 1.47. The van der Waals surface area contributed by atoms with E-state index in [1.54, 1.807) is 17.5 Å². The topological polar surface area (TPSA) is 91.4 Å². The number of amides is 1. The first-order chi connectivity index (χ1) is 16.5. The highest BCUT2D eigenvalue weighted by atomic mass is 32.1. The largest absolute Gasteiger partial charge is 0.486 e. The lowest BCUT2D eigenvalue weighted by molar-refractivity contribution is 0.130. The van der Waals surface area contributed by atoms with Crippen molar-refractivity contribution in [2.24, 2.45) is 0 Å². The zero-order valence-corrected chi connectivity index (χ0v) is 20.1. The van der Waals surface area contributed by atoms with Crippen molar-refractivity contribution in [1.82, 2.24) is 9.55 Å². The molecule has 0 radical (unpaired) electrons. The number of carbonyl (C=O) groups excluding carboxylic acids is 1. The van der Waals surface area contributed by atoms with Gasteiger partial charge >= 0.3 is 6.09 Å². The van der Waals surface area contributed by atoms with E-state index < -0.39 is 6.09 Å². The zero-order chi connectivity index (χ0) is 23.7. The minimum absolute atomic E-state index is 0.173. The fourth-order valence-corrected chi connectivity index (χ4v) is 4.79. The maximum atomic E-state index is 11.9. The number of hydrogen-bond acceptors (Lipinski definition) is 6. The van der Waals surface area contributed by atoms with Gasteiger partial charge in [0.2, 0.25) is 0 Å². The quantitative estimate of drug-likeness (QED) is 0.313. The second kappa shape index (κ2) is 9.38. The molecule has 176 valence electrons. The number of nitrogens with zero attached hydrogens (tertiary/aromatic N) is 2. The van der Waals surface area contributed by atoms with Crippen molar-refractivity contribution in [1.29, 1.82) is 0 Å². The lowest BCUT2D eigenvalue weighted by atomic mass is 9.92. The van der Waals surface area contributed by atoms with E-state index in [0.717, 1.165) is 51.4 Å². The highest BCUT2D eigenvalue weighted by Crippen LogP contribution is 2.45. The molecule has 7 nitrogen and oxygen atoms in total. The molecule has 4 aromatic rings. The summed E-state index contributed by atoms with van der Waals surface area (Å²) in [7, 11) is 0. The Bertz CT molecular complexity index is 1290. The van der Waals surface area contributed by atoms with Crippen LogP contribution in [-0.4, -0.2) is 21.7 Å². The second-order valence-corrected chi connectivity index (χ2v) is 9.75. The van der Waals surface area contributed by atoms with Crippen LogP contribution in [-0.2, 0) is 11.3 Å². The van der Waals surface area contributed by atoms with Crippen molar-refractivity contribution in [2.45, 2.75) is 51.9 Å². The van der Waals surface area contributed by atoms with Crippen molar-refractivity contribution in [3.05, 3.63) is 59.0 Å². The third-order valence-corrected chi connectivity index (χ3v) is 6.80. The summed E-state index contributed by atoms with van der Waals surface area (Å²) in [6.45, 7) is 4.09. The molecule has 1 saturated carbocycles. The van der Waals surface area contributed by atoms with Gasteiger partial charge in [0.15, 0.2) is 0 Å². The molecule has 0 saturated heterocycles. The maximum absolute atomic E-state index is 11.9. The van der Waals surface area contributed by atoms with Crippen molar-refractivity contribution in [3.8, 4) is 17.0 Å². The van der Waals surface area contributed by atoms with Gasteiger partial charge in [0.1, 0.15) is 17.4 Å². The van der Waals surface area contributed by atoms with Crippen LogP contribution in [0.2, 0.25) is 0 Å². The van der Waals surface area contributed by atoms with Crippen molar-refractivity contribution >= 4 is 39.7 Å². The number of thiazole rings is 1. The number of nitrogens with one attached hydrogen (secondary N) is 1. The molecule has 2 aromatic carbocycles. The van der Waals surface area contributed by atoms with E-state index in [1.165, 1.54) is 6.42 Å². The summed E-state index contributed by atoms with van der Waals surface area (Å²) < 4.78 is 13.5. The molecular weight excluding hydrogens is 448 g/mol. The molecule has 2 aromatic heterocycles. The molecule has 1 fully saturated rings. The number of rotatable bonds is 7. The summed E-state index contributed by atoms with van der Waals surface area (Å²) >= 11 is 1.58. The van der Waals surface area contributed by atoms with Crippen LogP contribution in [0, 0.1) is 0 Å². The number of nitrogens with two attached hydrogens (primary N) is 1. The van der Waals surface area contributed by atoms with E-state index in [9.17, 15) is 4.79 Å². The number of nitrogen functional groups attached to an aromatic ring is 1. The Hall–Kier alpha value is -3.52. The van der Waals surface area contributed by atoms with E-state index >= 15 is 0 Å². The third kappa shape index (κ3) is 4.46. The van der Waals surface area contributed by atoms with Crippen molar-refractivity contribution < 1.29 is 14.3 Å². The predicted molar refractivity (Wildman–Crippen MR) is 136 cm³/mol. The standard InChI is InChI=1S/C26H28N4O3S/c1-16(2)33-26(31)29-18-8-6-17(7-9-18)25-24(27)21-11-10-20(32-15-23-28-12-13-34-23)14-22(21)30(25)19-4-3-5-19/h6-14,16,19H,3-5,15,27H2,1-2H3,(H,29,31). The summed E-state index contributed by atoms with van der Waals surface area (Å²) in [5.41, 5.74) is 11.2. The molecule has 0 atom stereocenters. The molecule has 2 heterocycles. The highest BCUT2D eigenvalue weighted by molar-refractivity contribution is 7.09. The second-order valence-electron chi connectivity index (χ2n) is 8.77. The van der Waals surface area contributed by atoms with Gasteiger partial charge in [-0.25, -0.2) is 9.78 Å². The minimum atomic E-state index is -0.462. The fraction of sp³-hybridized carbons (Fsp3) is 0.308.